The molecule has 1 aliphatic carbocycles. The van der Waals surface area contributed by atoms with Crippen molar-refractivity contribution in [2.75, 3.05) is 33.4 Å². The Morgan fingerprint density at radius 1 is 1.33 bits per heavy atom. The molecule has 0 saturated carbocycles. The highest BCUT2D eigenvalue weighted by molar-refractivity contribution is 5.38. The van der Waals surface area contributed by atoms with Crippen LogP contribution < -0.4 is 0 Å². The Labute approximate surface area is 141 Å². The first kappa shape index (κ1) is 15.7. The Balaban J connectivity index is 1.45. The van der Waals surface area contributed by atoms with Crippen LogP contribution in [0.5, 0.6) is 0 Å². The van der Waals surface area contributed by atoms with Crippen LogP contribution in [0.4, 0.5) is 0 Å². The highest BCUT2D eigenvalue weighted by Gasteiger charge is 2.43. The van der Waals surface area contributed by atoms with Crippen molar-refractivity contribution in [3.05, 3.63) is 47.1 Å². The van der Waals surface area contributed by atoms with Crippen LogP contribution in [0, 0.1) is 0 Å². The van der Waals surface area contributed by atoms with Crippen LogP contribution in [0.15, 0.2) is 28.8 Å². The highest BCUT2D eigenvalue weighted by atomic mass is 16.5. The van der Waals surface area contributed by atoms with Gasteiger partial charge in [0.15, 0.2) is 5.82 Å². The minimum atomic E-state index is -0.169. The summed E-state index contributed by atoms with van der Waals surface area (Å²) in [6, 6.07) is 8.64. The zero-order valence-corrected chi connectivity index (χ0v) is 14.0. The lowest BCUT2D eigenvalue weighted by atomic mass is 9.93. The predicted octanol–water partition coefficient (Wildman–Crippen LogP) is 1.93. The number of hydrogen-bond donors (Lipinski definition) is 0. The second kappa shape index (κ2) is 6.63. The number of methoxy groups -OCH3 is 1. The van der Waals surface area contributed by atoms with Gasteiger partial charge in [-0.3, -0.25) is 4.90 Å². The van der Waals surface area contributed by atoms with Crippen molar-refractivity contribution in [1.29, 1.82) is 0 Å². The average Bonchev–Trinajstić information content (AvgIpc) is 3.19. The molecule has 128 valence electrons. The number of morpholine rings is 1. The fraction of sp³-hybridized carbons (Fsp3) is 0.556. The van der Waals surface area contributed by atoms with Crippen LogP contribution in [0.1, 0.15) is 29.3 Å². The summed E-state index contributed by atoms with van der Waals surface area (Å²) in [5, 5.41) is 4.10. The number of ether oxygens (including phenoxy) is 2. The molecule has 2 heterocycles. The third kappa shape index (κ3) is 2.97. The molecular weight excluding hydrogens is 306 g/mol. The molecule has 24 heavy (non-hydrogen) atoms. The third-order valence-corrected chi connectivity index (χ3v) is 4.97. The van der Waals surface area contributed by atoms with Gasteiger partial charge in [-0.25, -0.2) is 0 Å². The molecule has 1 unspecified atom stereocenters. The van der Waals surface area contributed by atoms with Gasteiger partial charge in [-0.2, -0.15) is 4.98 Å². The summed E-state index contributed by atoms with van der Waals surface area (Å²) in [5.41, 5.74) is 2.60. The largest absolute Gasteiger partial charge is 0.384 e. The van der Waals surface area contributed by atoms with Crippen LogP contribution in [-0.4, -0.2) is 48.5 Å². The topological polar surface area (TPSA) is 60.6 Å². The molecule has 1 aromatic heterocycles. The van der Waals surface area contributed by atoms with E-state index in [4.69, 9.17) is 14.0 Å². The molecule has 2 aromatic rings. The lowest BCUT2D eigenvalue weighted by Crippen LogP contribution is -2.48. The fourth-order valence-corrected chi connectivity index (χ4v) is 3.80. The maximum atomic E-state index is 6.26. The zero-order chi connectivity index (χ0) is 16.4. The molecule has 1 spiro atoms. The first-order valence-electron chi connectivity index (χ1n) is 8.54. The number of fused-ring (bicyclic) bond motifs is 2. The predicted molar refractivity (Wildman–Crippen MR) is 87.5 cm³/mol. The number of benzene rings is 1. The summed E-state index contributed by atoms with van der Waals surface area (Å²) in [7, 11) is 1.67. The molecule has 0 N–H and O–H groups in total. The highest BCUT2D eigenvalue weighted by Crippen LogP contribution is 2.42. The lowest BCUT2D eigenvalue weighted by molar-refractivity contribution is -0.116. The molecule has 1 fully saturated rings. The number of nitrogens with zero attached hydrogens (tertiary/aromatic N) is 3. The SMILES string of the molecule is COCCc1nc(CN2CCOC3(CCc4ccccc43)C2)no1. The maximum Gasteiger partial charge on any atom is 0.229 e. The number of aryl methyl sites for hydroxylation is 1. The second-order valence-electron chi connectivity index (χ2n) is 6.56. The molecule has 6 nitrogen and oxygen atoms in total. The monoisotopic (exact) mass is 329 g/mol. The summed E-state index contributed by atoms with van der Waals surface area (Å²) in [6.45, 7) is 3.81. The smallest absolute Gasteiger partial charge is 0.229 e. The van der Waals surface area contributed by atoms with E-state index in [1.807, 2.05) is 0 Å². The van der Waals surface area contributed by atoms with Crippen molar-refractivity contribution >= 4 is 0 Å². The van der Waals surface area contributed by atoms with Crippen molar-refractivity contribution in [2.24, 2.45) is 0 Å². The molecule has 0 radical (unpaired) electrons. The Bertz CT molecular complexity index is 698. The minimum absolute atomic E-state index is 0.169. The molecule has 6 heteroatoms. The van der Waals surface area contributed by atoms with Crippen molar-refractivity contribution < 1.29 is 14.0 Å². The van der Waals surface area contributed by atoms with Gasteiger partial charge in [0.1, 0.15) is 5.60 Å². The van der Waals surface area contributed by atoms with E-state index in [1.54, 1.807) is 7.11 Å². The number of hydrogen-bond acceptors (Lipinski definition) is 6. The van der Waals surface area contributed by atoms with Gasteiger partial charge in [-0.15, -0.1) is 0 Å². The van der Waals surface area contributed by atoms with E-state index in [2.05, 4.69) is 39.3 Å². The normalized spacial score (nSPS) is 23.7. The van der Waals surface area contributed by atoms with Gasteiger partial charge in [0.25, 0.3) is 0 Å². The Morgan fingerprint density at radius 3 is 3.17 bits per heavy atom. The van der Waals surface area contributed by atoms with E-state index >= 15 is 0 Å². The summed E-state index contributed by atoms with van der Waals surface area (Å²) >= 11 is 0. The maximum absolute atomic E-state index is 6.26. The molecule has 4 rings (SSSR count). The Hall–Kier alpha value is -1.76. The average molecular weight is 329 g/mol. The third-order valence-electron chi connectivity index (χ3n) is 4.97. The molecule has 0 bridgehead atoms. The molecule has 2 aliphatic rings. The van der Waals surface area contributed by atoms with E-state index in [0.29, 0.717) is 25.5 Å². The van der Waals surface area contributed by atoms with E-state index < -0.39 is 0 Å². The quantitative estimate of drug-likeness (QED) is 0.835. The van der Waals surface area contributed by atoms with E-state index in [0.717, 1.165) is 38.4 Å². The van der Waals surface area contributed by atoms with Crippen molar-refractivity contribution in [3.63, 3.8) is 0 Å². The zero-order valence-electron chi connectivity index (χ0n) is 14.0. The lowest BCUT2D eigenvalue weighted by Gasteiger charge is -2.40. The van der Waals surface area contributed by atoms with Gasteiger partial charge < -0.3 is 14.0 Å². The van der Waals surface area contributed by atoms with Crippen LogP contribution in [0.25, 0.3) is 0 Å². The molecule has 0 amide bonds. The second-order valence-corrected chi connectivity index (χ2v) is 6.56. The minimum Gasteiger partial charge on any atom is -0.384 e. The standard InChI is InChI=1S/C18H23N3O3/c1-22-10-7-17-19-16(20-24-17)12-21-9-11-23-18(13-21)8-6-14-4-2-3-5-15(14)18/h2-5H,6-13H2,1H3. The van der Waals surface area contributed by atoms with Gasteiger partial charge >= 0.3 is 0 Å². The molecule has 1 saturated heterocycles. The summed E-state index contributed by atoms with van der Waals surface area (Å²) in [4.78, 5) is 6.83. The summed E-state index contributed by atoms with van der Waals surface area (Å²) in [5.74, 6) is 1.38. The van der Waals surface area contributed by atoms with Crippen LogP contribution in [0.3, 0.4) is 0 Å². The number of aromatic nitrogens is 2. The van der Waals surface area contributed by atoms with E-state index in [9.17, 15) is 0 Å². The molecule has 1 aromatic carbocycles. The molecule has 1 aliphatic heterocycles. The Kier molecular flexibility index (Phi) is 4.35. The van der Waals surface area contributed by atoms with Crippen LogP contribution >= 0.6 is 0 Å². The van der Waals surface area contributed by atoms with Gasteiger partial charge in [0.05, 0.1) is 26.2 Å². The van der Waals surface area contributed by atoms with E-state index in [-0.39, 0.29) is 5.60 Å². The van der Waals surface area contributed by atoms with Crippen LogP contribution in [0.2, 0.25) is 0 Å². The first-order valence-corrected chi connectivity index (χ1v) is 8.54. The van der Waals surface area contributed by atoms with Gasteiger partial charge in [-0.1, -0.05) is 29.4 Å². The van der Waals surface area contributed by atoms with Crippen LogP contribution in [-0.2, 0) is 34.5 Å². The van der Waals surface area contributed by atoms with Gasteiger partial charge in [0.2, 0.25) is 5.89 Å². The van der Waals surface area contributed by atoms with Crippen molar-refractivity contribution in [3.8, 4) is 0 Å². The summed E-state index contributed by atoms with van der Waals surface area (Å²) < 4.78 is 16.6. The fourth-order valence-electron chi connectivity index (χ4n) is 3.80. The molecular formula is C18H23N3O3. The van der Waals surface area contributed by atoms with Gasteiger partial charge in [0, 0.05) is 20.2 Å². The molecule has 1 atom stereocenters. The van der Waals surface area contributed by atoms with Gasteiger partial charge in [-0.05, 0) is 24.0 Å². The Morgan fingerprint density at radius 2 is 2.25 bits per heavy atom. The van der Waals surface area contributed by atoms with Crippen molar-refractivity contribution in [2.45, 2.75) is 31.4 Å². The number of rotatable bonds is 5. The summed E-state index contributed by atoms with van der Waals surface area (Å²) in [6.07, 6.45) is 2.80. The van der Waals surface area contributed by atoms with E-state index in [1.165, 1.54) is 11.1 Å². The first-order chi connectivity index (χ1) is 11.8. The van der Waals surface area contributed by atoms with Crippen molar-refractivity contribution in [1.82, 2.24) is 15.0 Å².